The quantitative estimate of drug-likeness (QED) is 0.781. The van der Waals surface area contributed by atoms with E-state index in [1.807, 2.05) is 32.0 Å². The number of benzene rings is 1. The van der Waals surface area contributed by atoms with Crippen molar-refractivity contribution >= 4 is 12.6 Å². The Labute approximate surface area is 139 Å². The van der Waals surface area contributed by atoms with Crippen LogP contribution in [0.2, 0.25) is 0 Å². The van der Waals surface area contributed by atoms with Gasteiger partial charge in [0.05, 0.1) is 23.4 Å². The molecule has 1 aromatic rings. The van der Waals surface area contributed by atoms with Gasteiger partial charge in [-0.15, -0.1) is 0 Å². The Kier molecular flexibility index (Phi) is 4.13. The Bertz CT molecular complexity index is 540. The van der Waals surface area contributed by atoms with Crippen molar-refractivity contribution in [2.24, 2.45) is 0 Å². The van der Waals surface area contributed by atoms with Gasteiger partial charge in [0.2, 0.25) is 0 Å². The van der Waals surface area contributed by atoms with E-state index in [0.717, 1.165) is 29.8 Å². The van der Waals surface area contributed by atoms with Crippen molar-refractivity contribution in [3.8, 4) is 11.5 Å². The van der Waals surface area contributed by atoms with Crippen LogP contribution in [0.25, 0.3) is 0 Å². The van der Waals surface area contributed by atoms with Gasteiger partial charge in [-0.05, 0) is 72.0 Å². The molecule has 1 saturated carbocycles. The van der Waals surface area contributed by atoms with Crippen molar-refractivity contribution in [1.29, 1.82) is 0 Å². The number of hydrogen-bond acceptors (Lipinski definition) is 4. The van der Waals surface area contributed by atoms with Gasteiger partial charge in [0, 0.05) is 6.07 Å². The summed E-state index contributed by atoms with van der Waals surface area (Å²) in [5.41, 5.74) is 0.228. The molecule has 0 N–H and O–H groups in total. The average Bonchev–Trinajstić information content (AvgIpc) is 3.16. The Morgan fingerprint density at radius 2 is 1.57 bits per heavy atom. The summed E-state index contributed by atoms with van der Waals surface area (Å²) in [5.74, 6) is 1.62. The molecule has 1 saturated heterocycles. The summed E-state index contributed by atoms with van der Waals surface area (Å²) < 4.78 is 24.1. The first-order valence-electron chi connectivity index (χ1n) is 8.50. The lowest BCUT2D eigenvalue weighted by Crippen LogP contribution is -2.41. The molecule has 5 heteroatoms. The fourth-order valence-corrected chi connectivity index (χ4v) is 2.50. The van der Waals surface area contributed by atoms with E-state index in [4.69, 9.17) is 18.8 Å². The Morgan fingerprint density at radius 3 is 2.09 bits per heavy atom. The summed E-state index contributed by atoms with van der Waals surface area (Å²) in [7, 11) is -0.405. The molecule has 0 unspecified atom stereocenters. The first-order valence-corrected chi connectivity index (χ1v) is 8.50. The maximum atomic E-state index is 6.15. The van der Waals surface area contributed by atoms with Crippen LogP contribution in [0.5, 0.6) is 11.5 Å². The van der Waals surface area contributed by atoms with Gasteiger partial charge < -0.3 is 18.8 Å². The fourth-order valence-electron chi connectivity index (χ4n) is 2.50. The van der Waals surface area contributed by atoms with E-state index in [-0.39, 0.29) is 17.3 Å². The van der Waals surface area contributed by atoms with Crippen LogP contribution in [0.4, 0.5) is 0 Å². The van der Waals surface area contributed by atoms with Crippen LogP contribution in [0.15, 0.2) is 18.2 Å². The SMILES string of the molecule is CC(C)Oc1cc(OC2CC2)cc(B2OC(C)(C)C(C)(C)O2)c1. The number of hydrogen-bond donors (Lipinski definition) is 0. The van der Waals surface area contributed by atoms with Crippen LogP contribution in [-0.2, 0) is 9.31 Å². The summed E-state index contributed by atoms with van der Waals surface area (Å²) >= 11 is 0. The van der Waals surface area contributed by atoms with Gasteiger partial charge in [-0.25, -0.2) is 0 Å². The third-order valence-electron chi connectivity index (χ3n) is 4.63. The Hall–Kier alpha value is -1.20. The molecule has 126 valence electrons. The molecule has 23 heavy (non-hydrogen) atoms. The van der Waals surface area contributed by atoms with E-state index in [2.05, 4.69) is 27.7 Å². The monoisotopic (exact) mass is 318 g/mol. The summed E-state index contributed by atoms with van der Waals surface area (Å²) in [5, 5.41) is 0. The van der Waals surface area contributed by atoms with Gasteiger partial charge >= 0.3 is 7.12 Å². The predicted molar refractivity (Wildman–Crippen MR) is 91.6 cm³/mol. The number of rotatable bonds is 5. The van der Waals surface area contributed by atoms with Gasteiger partial charge in [0.1, 0.15) is 11.5 Å². The van der Waals surface area contributed by atoms with Crippen LogP contribution >= 0.6 is 0 Å². The van der Waals surface area contributed by atoms with Crippen molar-refractivity contribution in [3.05, 3.63) is 18.2 Å². The van der Waals surface area contributed by atoms with Gasteiger partial charge in [-0.3, -0.25) is 0 Å². The van der Waals surface area contributed by atoms with E-state index >= 15 is 0 Å². The molecule has 3 rings (SSSR count). The Balaban J connectivity index is 1.88. The van der Waals surface area contributed by atoms with Crippen LogP contribution in [0, 0.1) is 0 Å². The summed E-state index contributed by atoms with van der Waals surface area (Å²) in [6.45, 7) is 12.3. The maximum Gasteiger partial charge on any atom is 0.495 e. The fraction of sp³-hybridized carbons (Fsp3) is 0.667. The molecule has 1 heterocycles. The van der Waals surface area contributed by atoms with Crippen LogP contribution in [0.3, 0.4) is 0 Å². The normalized spacial score (nSPS) is 22.5. The lowest BCUT2D eigenvalue weighted by Gasteiger charge is -2.32. The van der Waals surface area contributed by atoms with E-state index in [9.17, 15) is 0 Å². The molecule has 0 radical (unpaired) electrons. The highest BCUT2D eigenvalue weighted by molar-refractivity contribution is 6.62. The second-order valence-electron chi connectivity index (χ2n) is 7.81. The van der Waals surface area contributed by atoms with Gasteiger partial charge in [-0.1, -0.05) is 0 Å². The molecule has 0 amide bonds. The van der Waals surface area contributed by atoms with Gasteiger partial charge in [0.15, 0.2) is 0 Å². The summed E-state index contributed by atoms with van der Waals surface area (Å²) in [6, 6.07) is 5.95. The molecule has 1 aromatic carbocycles. The molecule has 2 fully saturated rings. The maximum absolute atomic E-state index is 6.15. The number of ether oxygens (including phenoxy) is 2. The van der Waals surface area contributed by atoms with Crippen molar-refractivity contribution in [3.63, 3.8) is 0 Å². The lowest BCUT2D eigenvalue weighted by molar-refractivity contribution is 0.00578. The second kappa shape index (κ2) is 5.71. The minimum Gasteiger partial charge on any atom is -0.491 e. The van der Waals surface area contributed by atoms with Gasteiger partial charge in [0.25, 0.3) is 0 Å². The molecule has 1 aliphatic heterocycles. The highest BCUT2D eigenvalue weighted by Gasteiger charge is 2.51. The molecule has 4 nitrogen and oxygen atoms in total. The highest BCUT2D eigenvalue weighted by Crippen LogP contribution is 2.37. The molecule has 0 aromatic heterocycles. The van der Waals surface area contributed by atoms with Crippen molar-refractivity contribution < 1.29 is 18.8 Å². The Morgan fingerprint density at radius 1 is 1.00 bits per heavy atom. The van der Waals surface area contributed by atoms with Crippen LogP contribution in [0.1, 0.15) is 54.4 Å². The zero-order chi connectivity index (χ0) is 16.8. The predicted octanol–water partition coefficient (Wildman–Crippen LogP) is 3.31. The largest absolute Gasteiger partial charge is 0.495 e. The topological polar surface area (TPSA) is 36.9 Å². The second-order valence-corrected chi connectivity index (χ2v) is 7.81. The van der Waals surface area contributed by atoms with E-state index in [1.165, 1.54) is 0 Å². The zero-order valence-electron chi connectivity index (χ0n) is 15.0. The van der Waals surface area contributed by atoms with Crippen molar-refractivity contribution in [1.82, 2.24) is 0 Å². The highest BCUT2D eigenvalue weighted by atomic mass is 16.7. The molecular formula is C18H27BO4. The van der Waals surface area contributed by atoms with E-state index in [1.54, 1.807) is 0 Å². The third-order valence-corrected chi connectivity index (χ3v) is 4.63. The lowest BCUT2D eigenvalue weighted by atomic mass is 9.79. The third kappa shape index (κ3) is 3.66. The zero-order valence-corrected chi connectivity index (χ0v) is 15.0. The summed E-state index contributed by atoms with van der Waals surface area (Å²) in [6.07, 6.45) is 2.70. The molecular weight excluding hydrogens is 291 g/mol. The molecule has 0 bridgehead atoms. The van der Waals surface area contributed by atoms with Crippen molar-refractivity contribution in [2.45, 2.75) is 77.8 Å². The first kappa shape index (κ1) is 16.7. The van der Waals surface area contributed by atoms with Gasteiger partial charge in [-0.2, -0.15) is 0 Å². The molecule has 0 spiro atoms. The smallest absolute Gasteiger partial charge is 0.491 e. The molecule has 1 aliphatic carbocycles. The average molecular weight is 318 g/mol. The van der Waals surface area contributed by atoms with E-state index < -0.39 is 7.12 Å². The van der Waals surface area contributed by atoms with E-state index in [0.29, 0.717) is 6.10 Å². The minimum absolute atomic E-state index is 0.109. The summed E-state index contributed by atoms with van der Waals surface area (Å²) in [4.78, 5) is 0. The molecule has 0 atom stereocenters. The van der Waals surface area contributed by atoms with Crippen LogP contribution in [-0.4, -0.2) is 30.5 Å². The van der Waals surface area contributed by atoms with Crippen molar-refractivity contribution in [2.75, 3.05) is 0 Å². The van der Waals surface area contributed by atoms with Crippen LogP contribution < -0.4 is 14.9 Å². The molecule has 2 aliphatic rings. The first-order chi connectivity index (χ1) is 10.7. The minimum atomic E-state index is -0.405. The standard InChI is InChI=1S/C18H27BO4/c1-12(2)20-15-9-13(10-16(11-15)21-14-7-8-14)19-22-17(3,4)18(5,6)23-19/h9-12,14H,7-8H2,1-6H3.